The molecule has 7 nitrogen and oxygen atoms in total. The van der Waals surface area contributed by atoms with Crippen LogP contribution in [0.4, 0.5) is 5.82 Å². The SMILES string of the molecule is Cc1ccc(C)n1-c1ccc(C(=O)N2CCN(Cc3nc(N)c4ccccc4n3)CC2)cc1. The minimum atomic E-state index is 0.0772. The first-order valence-electron chi connectivity index (χ1n) is 11.3. The molecule has 0 spiro atoms. The van der Waals surface area contributed by atoms with Crippen LogP contribution in [0.3, 0.4) is 0 Å². The van der Waals surface area contributed by atoms with E-state index in [9.17, 15) is 4.79 Å². The lowest BCUT2D eigenvalue weighted by atomic mass is 10.1. The molecule has 168 valence electrons. The minimum Gasteiger partial charge on any atom is -0.383 e. The third kappa shape index (κ3) is 4.19. The zero-order valence-electron chi connectivity index (χ0n) is 19.0. The van der Waals surface area contributed by atoms with Gasteiger partial charge in [-0.1, -0.05) is 12.1 Å². The Hall–Kier alpha value is -3.71. The molecule has 1 fully saturated rings. The van der Waals surface area contributed by atoms with E-state index in [4.69, 9.17) is 5.73 Å². The molecule has 0 bridgehead atoms. The number of para-hydroxylation sites is 1. The Kier molecular flexibility index (Phi) is 5.56. The van der Waals surface area contributed by atoms with Gasteiger partial charge in [-0.3, -0.25) is 9.69 Å². The van der Waals surface area contributed by atoms with Crippen molar-refractivity contribution in [2.75, 3.05) is 31.9 Å². The Balaban J connectivity index is 1.22. The van der Waals surface area contributed by atoms with E-state index < -0.39 is 0 Å². The molecule has 4 aromatic rings. The fourth-order valence-corrected chi connectivity index (χ4v) is 4.54. The molecule has 5 rings (SSSR count). The molecule has 1 saturated heterocycles. The van der Waals surface area contributed by atoms with E-state index in [-0.39, 0.29) is 5.91 Å². The number of amides is 1. The molecule has 0 aliphatic carbocycles. The summed E-state index contributed by atoms with van der Waals surface area (Å²) in [7, 11) is 0. The number of rotatable bonds is 4. The first-order valence-corrected chi connectivity index (χ1v) is 11.3. The van der Waals surface area contributed by atoms with E-state index in [1.165, 1.54) is 11.4 Å². The van der Waals surface area contributed by atoms with E-state index >= 15 is 0 Å². The van der Waals surface area contributed by atoms with Crippen LogP contribution >= 0.6 is 0 Å². The van der Waals surface area contributed by atoms with Crippen molar-refractivity contribution in [2.45, 2.75) is 20.4 Å². The van der Waals surface area contributed by atoms with Gasteiger partial charge in [-0.25, -0.2) is 9.97 Å². The van der Waals surface area contributed by atoms with Gasteiger partial charge in [-0.05, 0) is 62.4 Å². The van der Waals surface area contributed by atoms with Gasteiger partial charge in [0.25, 0.3) is 5.91 Å². The zero-order valence-corrected chi connectivity index (χ0v) is 19.0. The smallest absolute Gasteiger partial charge is 0.253 e. The van der Waals surface area contributed by atoms with Crippen molar-refractivity contribution in [3.63, 3.8) is 0 Å². The summed E-state index contributed by atoms with van der Waals surface area (Å²) in [5, 5.41) is 0.879. The summed E-state index contributed by atoms with van der Waals surface area (Å²) in [5.41, 5.74) is 11.1. The van der Waals surface area contributed by atoms with Gasteiger partial charge >= 0.3 is 0 Å². The average molecular weight is 441 g/mol. The molecular weight excluding hydrogens is 412 g/mol. The largest absolute Gasteiger partial charge is 0.383 e. The number of nitrogens with zero attached hydrogens (tertiary/aromatic N) is 5. The molecule has 1 aliphatic rings. The summed E-state index contributed by atoms with van der Waals surface area (Å²) in [4.78, 5) is 26.4. The quantitative estimate of drug-likeness (QED) is 0.525. The van der Waals surface area contributed by atoms with Gasteiger partial charge in [0, 0.05) is 54.2 Å². The van der Waals surface area contributed by atoms with Gasteiger partial charge in [0.15, 0.2) is 0 Å². The van der Waals surface area contributed by atoms with E-state index in [0.717, 1.165) is 41.1 Å². The number of hydrogen-bond acceptors (Lipinski definition) is 5. The maximum Gasteiger partial charge on any atom is 0.253 e. The number of hydrogen-bond donors (Lipinski definition) is 1. The Bertz CT molecular complexity index is 1280. The van der Waals surface area contributed by atoms with Gasteiger partial charge in [-0.2, -0.15) is 0 Å². The fourth-order valence-electron chi connectivity index (χ4n) is 4.54. The monoisotopic (exact) mass is 440 g/mol. The van der Waals surface area contributed by atoms with Gasteiger partial charge in [-0.15, -0.1) is 0 Å². The number of anilines is 1. The van der Waals surface area contributed by atoms with Crippen LogP contribution in [0.2, 0.25) is 0 Å². The maximum absolute atomic E-state index is 13.0. The highest BCUT2D eigenvalue weighted by molar-refractivity contribution is 5.94. The molecule has 1 aliphatic heterocycles. The van der Waals surface area contributed by atoms with Gasteiger partial charge < -0.3 is 15.2 Å². The molecule has 0 saturated carbocycles. The van der Waals surface area contributed by atoms with Crippen molar-refractivity contribution in [1.29, 1.82) is 0 Å². The van der Waals surface area contributed by atoms with Crippen molar-refractivity contribution < 1.29 is 4.79 Å². The third-order valence-corrected chi connectivity index (χ3v) is 6.35. The zero-order chi connectivity index (χ0) is 22.9. The van der Waals surface area contributed by atoms with Crippen molar-refractivity contribution in [2.24, 2.45) is 0 Å². The lowest BCUT2D eigenvalue weighted by Crippen LogP contribution is -2.48. The average Bonchev–Trinajstić information content (AvgIpc) is 3.17. The van der Waals surface area contributed by atoms with Crippen LogP contribution in [-0.4, -0.2) is 56.4 Å². The van der Waals surface area contributed by atoms with Gasteiger partial charge in [0.2, 0.25) is 0 Å². The molecule has 2 aromatic heterocycles. The first kappa shape index (κ1) is 21.2. The number of fused-ring (bicyclic) bond motifs is 1. The maximum atomic E-state index is 13.0. The van der Waals surface area contributed by atoms with Gasteiger partial charge in [0.05, 0.1) is 12.1 Å². The van der Waals surface area contributed by atoms with Crippen LogP contribution < -0.4 is 5.73 Å². The van der Waals surface area contributed by atoms with Crippen LogP contribution in [0.15, 0.2) is 60.7 Å². The lowest BCUT2D eigenvalue weighted by molar-refractivity contribution is 0.0625. The summed E-state index contributed by atoms with van der Waals surface area (Å²) in [6.07, 6.45) is 0. The van der Waals surface area contributed by atoms with Crippen LogP contribution in [0.5, 0.6) is 0 Å². The van der Waals surface area contributed by atoms with E-state index in [0.29, 0.717) is 25.5 Å². The van der Waals surface area contributed by atoms with E-state index in [1.807, 2.05) is 53.4 Å². The predicted molar refractivity (Wildman–Crippen MR) is 130 cm³/mol. The minimum absolute atomic E-state index is 0.0772. The molecule has 7 heteroatoms. The summed E-state index contributed by atoms with van der Waals surface area (Å²) in [6.45, 7) is 7.72. The number of aromatic nitrogens is 3. The standard InChI is InChI=1S/C26H28N6O/c1-18-7-8-19(2)32(18)21-11-9-20(10-12-21)26(33)31-15-13-30(14-16-31)17-24-28-23-6-4-3-5-22(23)25(27)29-24/h3-12H,13-17H2,1-2H3,(H2,27,28,29). The number of carbonyl (C=O) groups is 1. The summed E-state index contributed by atoms with van der Waals surface area (Å²) in [6, 6.07) is 19.9. The Labute approximate surface area is 193 Å². The fraction of sp³-hybridized carbons (Fsp3) is 0.269. The van der Waals surface area contributed by atoms with Crippen LogP contribution in [0.1, 0.15) is 27.6 Å². The Morgan fingerprint density at radius 2 is 1.55 bits per heavy atom. The number of nitrogen functional groups attached to an aromatic ring is 1. The second-order valence-electron chi connectivity index (χ2n) is 8.61. The molecule has 33 heavy (non-hydrogen) atoms. The summed E-state index contributed by atoms with van der Waals surface area (Å²) >= 11 is 0. The highest BCUT2D eigenvalue weighted by Crippen LogP contribution is 2.20. The van der Waals surface area contributed by atoms with Crippen molar-refractivity contribution in [1.82, 2.24) is 24.3 Å². The van der Waals surface area contributed by atoms with Crippen LogP contribution in [0.25, 0.3) is 16.6 Å². The third-order valence-electron chi connectivity index (χ3n) is 6.35. The number of piperazine rings is 1. The normalized spacial score (nSPS) is 14.7. The molecular formula is C26H28N6O. The molecule has 2 aromatic carbocycles. The van der Waals surface area contributed by atoms with Crippen LogP contribution in [-0.2, 0) is 6.54 Å². The molecule has 2 N–H and O–H groups in total. The summed E-state index contributed by atoms with van der Waals surface area (Å²) in [5.74, 6) is 1.31. The van der Waals surface area contributed by atoms with E-state index in [2.05, 4.69) is 45.4 Å². The van der Waals surface area contributed by atoms with Gasteiger partial charge in [0.1, 0.15) is 11.6 Å². The van der Waals surface area contributed by atoms with Crippen molar-refractivity contribution in [3.05, 3.63) is 83.4 Å². The number of carbonyl (C=O) groups excluding carboxylic acids is 1. The number of nitrogens with two attached hydrogens (primary N) is 1. The molecule has 3 heterocycles. The first-order chi connectivity index (χ1) is 16.0. The topological polar surface area (TPSA) is 80.3 Å². The molecule has 0 radical (unpaired) electrons. The molecule has 0 atom stereocenters. The second-order valence-corrected chi connectivity index (χ2v) is 8.61. The molecule has 1 amide bonds. The second kappa shape index (κ2) is 8.67. The number of aryl methyl sites for hydroxylation is 2. The summed E-state index contributed by atoms with van der Waals surface area (Å²) < 4.78 is 2.19. The Morgan fingerprint density at radius 3 is 2.24 bits per heavy atom. The predicted octanol–water partition coefficient (Wildman–Crippen LogP) is 3.58. The highest BCUT2D eigenvalue weighted by Gasteiger charge is 2.23. The van der Waals surface area contributed by atoms with E-state index in [1.54, 1.807) is 0 Å². The lowest BCUT2D eigenvalue weighted by Gasteiger charge is -2.34. The highest BCUT2D eigenvalue weighted by atomic mass is 16.2. The molecule has 0 unspecified atom stereocenters. The Morgan fingerprint density at radius 1 is 0.879 bits per heavy atom. The van der Waals surface area contributed by atoms with Crippen LogP contribution in [0, 0.1) is 13.8 Å². The van der Waals surface area contributed by atoms with Crippen molar-refractivity contribution >= 4 is 22.6 Å². The number of benzene rings is 2. The van der Waals surface area contributed by atoms with Crippen molar-refractivity contribution in [3.8, 4) is 5.69 Å².